The van der Waals surface area contributed by atoms with Crippen molar-refractivity contribution in [2.45, 2.75) is 25.3 Å². The van der Waals surface area contributed by atoms with Crippen molar-refractivity contribution >= 4 is 11.5 Å². The van der Waals surface area contributed by atoms with Crippen molar-refractivity contribution in [3.63, 3.8) is 0 Å². The molecule has 0 saturated carbocycles. The Morgan fingerprint density at radius 1 is 1.14 bits per heavy atom. The molecule has 1 aliphatic heterocycles. The minimum Gasteiger partial charge on any atom is -0.378 e. The van der Waals surface area contributed by atoms with Gasteiger partial charge < -0.3 is 5.32 Å². The van der Waals surface area contributed by atoms with Crippen LogP contribution in [0.5, 0.6) is 0 Å². The van der Waals surface area contributed by atoms with Crippen LogP contribution in [0.3, 0.4) is 0 Å². The number of nitrogens with one attached hydrogen (secondary N) is 1. The summed E-state index contributed by atoms with van der Waals surface area (Å²) in [4.78, 5) is 11.7. The summed E-state index contributed by atoms with van der Waals surface area (Å²) in [5.74, 6) is 1.06. The molecule has 4 rings (SSSR count). The predicted molar refractivity (Wildman–Crippen MR) is 89.2 cm³/mol. The van der Waals surface area contributed by atoms with Gasteiger partial charge in [-0.25, -0.2) is 0 Å². The van der Waals surface area contributed by atoms with Crippen molar-refractivity contribution in [1.82, 2.24) is 0 Å². The molecule has 2 nitrogen and oxygen atoms in total. The molecule has 0 unspecified atom stereocenters. The quantitative estimate of drug-likeness (QED) is 0.640. The van der Waals surface area contributed by atoms with Crippen molar-refractivity contribution in [2.24, 2.45) is 5.92 Å². The zero-order valence-corrected chi connectivity index (χ0v) is 12.6. The Hall–Kier alpha value is -2.35. The molecule has 0 spiro atoms. The van der Waals surface area contributed by atoms with Crippen LogP contribution in [0, 0.1) is 5.92 Å². The first kappa shape index (κ1) is 13.3. The first-order valence-electron chi connectivity index (χ1n) is 7.87. The van der Waals surface area contributed by atoms with Crippen molar-refractivity contribution in [1.29, 1.82) is 0 Å². The number of benzene rings is 2. The van der Waals surface area contributed by atoms with Crippen LogP contribution in [0.25, 0.3) is 0 Å². The lowest BCUT2D eigenvalue weighted by atomic mass is 9.76. The van der Waals surface area contributed by atoms with E-state index in [1.54, 1.807) is 6.92 Å². The molecule has 1 N–H and O–H groups in total. The van der Waals surface area contributed by atoms with Gasteiger partial charge in [0, 0.05) is 17.2 Å². The van der Waals surface area contributed by atoms with Crippen LogP contribution in [0.1, 0.15) is 46.8 Å². The van der Waals surface area contributed by atoms with Crippen molar-refractivity contribution in [3.05, 3.63) is 77.4 Å². The molecular weight excluding hydrogens is 270 g/mol. The number of carbonyl (C=O) groups is 1. The van der Waals surface area contributed by atoms with Crippen LogP contribution in [0.4, 0.5) is 5.69 Å². The molecule has 0 fully saturated rings. The maximum atomic E-state index is 11.7. The average molecular weight is 289 g/mol. The van der Waals surface area contributed by atoms with Gasteiger partial charge in [0.05, 0.1) is 6.04 Å². The van der Waals surface area contributed by atoms with Gasteiger partial charge in [-0.15, -0.1) is 0 Å². The molecule has 0 aromatic heterocycles. The number of hydrogen-bond acceptors (Lipinski definition) is 2. The van der Waals surface area contributed by atoms with E-state index in [4.69, 9.17) is 0 Å². The van der Waals surface area contributed by atoms with Gasteiger partial charge in [0.25, 0.3) is 0 Å². The molecule has 1 heterocycles. The summed E-state index contributed by atoms with van der Waals surface area (Å²) in [5.41, 5.74) is 4.56. The Morgan fingerprint density at radius 3 is 2.73 bits per heavy atom. The average Bonchev–Trinajstić information content (AvgIpc) is 3.04. The second-order valence-electron chi connectivity index (χ2n) is 6.24. The highest BCUT2D eigenvalue weighted by Gasteiger charge is 2.37. The highest BCUT2D eigenvalue weighted by Crippen LogP contribution is 2.49. The Bertz CT molecular complexity index is 748. The van der Waals surface area contributed by atoms with E-state index in [1.807, 2.05) is 6.07 Å². The van der Waals surface area contributed by atoms with E-state index in [-0.39, 0.29) is 5.78 Å². The lowest BCUT2D eigenvalue weighted by Crippen LogP contribution is -2.29. The fourth-order valence-corrected chi connectivity index (χ4v) is 3.80. The minimum atomic E-state index is 0.131. The Labute approximate surface area is 130 Å². The fourth-order valence-electron chi connectivity index (χ4n) is 3.80. The van der Waals surface area contributed by atoms with Crippen molar-refractivity contribution in [2.75, 3.05) is 5.32 Å². The van der Waals surface area contributed by atoms with Gasteiger partial charge in [0.15, 0.2) is 5.78 Å². The van der Waals surface area contributed by atoms with Gasteiger partial charge in [-0.2, -0.15) is 0 Å². The molecule has 2 aromatic carbocycles. The lowest BCUT2D eigenvalue weighted by molar-refractivity contribution is 0.101. The number of ketones is 1. The molecule has 2 heteroatoms. The molecule has 3 atom stereocenters. The molecule has 2 aromatic rings. The largest absolute Gasteiger partial charge is 0.378 e. The normalized spacial score (nSPS) is 25.2. The summed E-state index contributed by atoms with van der Waals surface area (Å²) in [6, 6.07) is 17.0. The monoisotopic (exact) mass is 289 g/mol. The van der Waals surface area contributed by atoms with Crippen LogP contribution in [-0.2, 0) is 0 Å². The molecule has 110 valence electrons. The zero-order chi connectivity index (χ0) is 15.1. The number of anilines is 1. The van der Waals surface area contributed by atoms with Gasteiger partial charge in [0.2, 0.25) is 0 Å². The first-order chi connectivity index (χ1) is 10.7. The number of hydrogen-bond donors (Lipinski definition) is 1. The van der Waals surface area contributed by atoms with E-state index in [0.717, 1.165) is 17.7 Å². The maximum Gasteiger partial charge on any atom is 0.159 e. The van der Waals surface area contributed by atoms with E-state index < -0.39 is 0 Å². The summed E-state index contributed by atoms with van der Waals surface area (Å²) in [6.45, 7) is 1.63. The first-order valence-corrected chi connectivity index (χ1v) is 7.87. The van der Waals surface area contributed by atoms with Crippen LogP contribution < -0.4 is 5.32 Å². The van der Waals surface area contributed by atoms with Crippen LogP contribution >= 0.6 is 0 Å². The van der Waals surface area contributed by atoms with E-state index in [9.17, 15) is 4.79 Å². The smallest absolute Gasteiger partial charge is 0.159 e. The molecule has 0 saturated heterocycles. The number of carbonyl (C=O) groups excluding carboxylic acids is 1. The molecule has 0 amide bonds. The van der Waals surface area contributed by atoms with Gasteiger partial charge in [-0.3, -0.25) is 4.79 Å². The summed E-state index contributed by atoms with van der Waals surface area (Å²) in [7, 11) is 0. The topological polar surface area (TPSA) is 29.1 Å². The number of Topliss-reactive ketones (excluding diaryl/α,β-unsaturated/α-hetero) is 1. The third-order valence-electron chi connectivity index (χ3n) is 4.93. The highest BCUT2D eigenvalue weighted by molar-refractivity contribution is 5.95. The van der Waals surface area contributed by atoms with Crippen molar-refractivity contribution < 1.29 is 4.79 Å². The van der Waals surface area contributed by atoms with Gasteiger partial charge in [0.1, 0.15) is 0 Å². The zero-order valence-electron chi connectivity index (χ0n) is 12.6. The molecule has 22 heavy (non-hydrogen) atoms. The third kappa shape index (κ3) is 2.07. The summed E-state index contributed by atoms with van der Waals surface area (Å²) >= 11 is 0. The standard InChI is InChI=1S/C20H19NO/c1-13(22)15-10-11-19-18(12-15)16-8-5-9-17(16)20(21-19)14-6-3-2-4-7-14/h2-8,10-12,16-17,20-21H,9H2,1H3/t16-,17-,20+/m1/s1. The molecular formula is C20H19NO. The van der Waals surface area contributed by atoms with E-state index in [0.29, 0.717) is 17.9 Å². The second-order valence-corrected chi connectivity index (χ2v) is 6.24. The predicted octanol–water partition coefficient (Wildman–Crippen LogP) is 4.72. The summed E-state index contributed by atoms with van der Waals surface area (Å²) in [5, 5.41) is 3.70. The van der Waals surface area contributed by atoms with Gasteiger partial charge >= 0.3 is 0 Å². The van der Waals surface area contributed by atoms with Gasteiger partial charge in [-0.1, -0.05) is 42.5 Å². The number of fused-ring (bicyclic) bond motifs is 3. The summed E-state index contributed by atoms with van der Waals surface area (Å²) < 4.78 is 0. The summed E-state index contributed by atoms with van der Waals surface area (Å²) in [6.07, 6.45) is 5.67. The fraction of sp³-hybridized carbons (Fsp3) is 0.250. The van der Waals surface area contributed by atoms with E-state index in [2.05, 4.69) is 59.9 Å². The minimum absolute atomic E-state index is 0.131. The maximum absolute atomic E-state index is 11.7. The number of rotatable bonds is 2. The third-order valence-corrected chi connectivity index (χ3v) is 4.93. The van der Waals surface area contributed by atoms with Crippen LogP contribution in [-0.4, -0.2) is 5.78 Å². The molecule has 1 aliphatic carbocycles. The lowest BCUT2D eigenvalue weighted by Gasteiger charge is -2.37. The number of allylic oxidation sites excluding steroid dienone is 2. The Kier molecular flexibility index (Phi) is 3.11. The van der Waals surface area contributed by atoms with E-state index in [1.165, 1.54) is 11.1 Å². The second kappa shape index (κ2) is 5.13. The molecule has 0 radical (unpaired) electrons. The molecule has 2 aliphatic rings. The highest BCUT2D eigenvalue weighted by atomic mass is 16.1. The Morgan fingerprint density at radius 2 is 1.95 bits per heavy atom. The van der Waals surface area contributed by atoms with Crippen LogP contribution in [0.2, 0.25) is 0 Å². The molecule has 0 bridgehead atoms. The SMILES string of the molecule is CC(=O)c1ccc2c(c1)[C@@H]1C=CC[C@H]1[C@H](c1ccccc1)N2. The van der Waals surface area contributed by atoms with Crippen LogP contribution in [0.15, 0.2) is 60.7 Å². The Balaban J connectivity index is 1.79. The van der Waals surface area contributed by atoms with Gasteiger partial charge in [-0.05, 0) is 48.6 Å². The van der Waals surface area contributed by atoms with E-state index >= 15 is 0 Å². The van der Waals surface area contributed by atoms with Crippen molar-refractivity contribution in [3.8, 4) is 0 Å².